The van der Waals surface area contributed by atoms with Gasteiger partial charge in [-0.25, -0.2) is 4.98 Å². The van der Waals surface area contributed by atoms with Crippen LogP contribution in [0.4, 0.5) is 0 Å². The predicted octanol–water partition coefficient (Wildman–Crippen LogP) is 3.92. The summed E-state index contributed by atoms with van der Waals surface area (Å²) < 4.78 is 24.3. The SMILES string of the molecule is COc1cc2ncn(-c3cc(OCC4CCCCO4)c(C#N)s3)c2cc1OC. The maximum atomic E-state index is 9.52. The summed E-state index contributed by atoms with van der Waals surface area (Å²) >= 11 is 1.37. The molecule has 1 unspecified atom stereocenters. The standard InChI is InChI=1S/C20H21N3O4S/c1-24-16-7-14-15(8-17(16)25-2)23(12-22-14)20-9-18(19(10-21)28-20)27-11-13-5-3-4-6-26-13/h7-9,12-13H,3-6,11H2,1-2H3. The first kappa shape index (κ1) is 18.6. The minimum atomic E-state index is 0.0921. The molecule has 28 heavy (non-hydrogen) atoms. The summed E-state index contributed by atoms with van der Waals surface area (Å²) in [5, 5.41) is 10.4. The van der Waals surface area contributed by atoms with Crippen molar-refractivity contribution in [3.63, 3.8) is 0 Å². The minimum Gasteiger partial charge on any atom is -0.493 e. The zero-order valence-corrected chi connectivity index (χ0v) is 16.6. The molecule has 2 aromatic heterocycles. The Labute approximate surface area is 167 Å². The molecule has 0 aliphatic carbocycles. The van der Waals surface area contributed by atoms with E-state index in [9.17, 15) is 5.26 Å². The van der Waals surface area contributed by atoms with Gasteiger partial charge in [0.2, 0.25) is 0 Å². The van der Waals surface area contributed by atoms with Crippen LogP contribution < -0.4 is 14.2 Å². The fraction of sp³-hybridized carbons (Fsp3) is 0.400. The summed E-state index contributed by atoms with van der Waals surface area (Å²) in [6.45, 7) is 1.24. The van der Waals surface area contributed by atoms with Crippen LogP contribution in [0.2, 0.25) is 0 Å². The molecule has 1 atom stereocenters. The Bertz CT molecular complexity index is 1010. The fourth-order valence-corrected chi connectivity index (χ4v) is 4.18. The second-order valence-electron chi connectivity index (χ2n) is 6.50. The first-order chi connectivity index (χ1) is 13.7. The Kier molecular flexibility index (Phi) is 5.37. The first-order valence-electron chi connectivity index (χ1n) is 9.11. The molecule has 3 aromatic rings. The molecule has 146 valence electrons. The average Bonchev–Trinajstić information content (AvgIpc) is 3.34. The molecule has 4 rings (SSSR count). The lowest BCUT2D eigenvalue weighted by Crippen LogP contribution is -2.25. The second kappa shape index (κ2) is 8.09. The number of rotatable bonds is 6. The molecular weight excluding hydrogens is 378 g/mol. The van der Waals surface area contributed by atoms with E-state index >= 15 is 0 Å². The third-order valence-corrected chi connectivity index (χ3v) is 5.80. The summed E-state index contributed by atoms with van der Waals surface area (Å²) in [6.07, 6.45) is 5.07. The number of aromatic nitrogens is 2. The van der Waals surface area contributed by atoms with Gasteiger partial charge in [0.25, 0.3) is 0 Å². The van der Waals surface area contributed by atoms with Gasteiger partial charge in [0.1, 0.15) is 34.6 Å². The van der Waals surface area contributed by atoms with Gasteiger partial charge in [-0.2, -0.15) is 5.26 Å². The van der Waals surface area contributed by atoms with Crippen molar-refractivity contribution in [3.05, 3.63) is 29.4 Å². The number of thiophene rings is 1. The normalized spacial score (nSPS) is 16.7. The van der Waals surface area contributed by atoms with Crippen molar-refractivity contribution in [2.45, 2.75) is 25.4 Å². The van der Waals surface area contributed by atoms with Gasteiger partial charge < -0.3 is 18.9 Å². The number of ether oxygens (including phenoxy) is 4. The van der Waals surface area contributed by atoms with E-state index in [1.807, 2.05) is 22.8 Å². The average molecular weight is 399 g/mol. The minimum absolute atomic E-state index is 0.0921. The Balaban J connectivity index is 1.64. The molecule has 1 aliphatic rings. The Morgan fingerprint density at radius 3 is 2.75 bits per heavy atom. The van der Waals surface area contributed by atoms with E-state index in [2.05, 4.69) is 11.1 Å². The van der Waals surface area contributed by atoms with E-state index in [-0.39, 0.29) is 6.10 Å². The summed E-state index contributed by atoms with van der Waals surface area (Å²) in [6, 6.07) is 7.82. The Hall–Kier alpha value is -2.76. The van der Waals surface area contributed by atoms with E-state index in [0.717, 1.165) is 41.9 Å². The third-order valence-electron chi connectivity index (χ3n) is 4.78. The topological polar surface area (TPSA) is 78.5 Å². The molecule has 0 radical (unpaired) electrons. The van der Waals surface area contributed by atoms with Crippen molar-refractivity contribution in [2.24, 2.45) is 0 Å². The lowest BCUT2D eigenvalue weighted by Gasteiger charge is -2.22. The van der Waals surface area contributed by atoms with Gasteiger partial charge in [0.15, 0.2) is 11.5 Å². The van der Waals surface area contributed by atoms with Gasteiger partial charge in [-0.15, -0.1) is 11.3 Å². The monoisotopic (exact) mass is 399 g/mol. The van der Waals surface area contributed by atoms with E-state index in [0.29, 0.717) is 28.7 Å². The zero-order valence-electron chi connectivity index (χ0n) is 15.8. The molecule has 3 heterocycles. The third kappa shape index (κ3) is 3.51. The quantitative estimate of drug-likeness (QED) is 0.625. The highest BCUT2D eigenvalue weighted by molar-refractivity contribution is 7.15. The summed E-state index contributed by atoms with van der Waals surface area (Å²) in [5.74, 6) is 1.83. The summed E-state index contributed by atoms with van der Waals surface area (Å²) in [4.78, 5) is 4.99. The molecule has 1 fully saturated rings. The predicted molar refractivity (Wildman–Crippen MR) is 106 cm³/mol. The second-order valence-corrected chi connectivity index (χ2v) is 7.53. The number of imidazole rings is 1. The number of nitriles is 1. The van der Waals surface area contributed by atoms with Gasteiger partial charge in [0.05, 0.1) is 31.4 Å². The van der Waals surface area contributed by atoms with Crippen LogP contribution in [0.15, 0.2) is 24.5 Å². The van der Waals surface area contributed by atoms with Gasteiger partial charge >= 0.3 is 0 Å². The highest BCUT2D eigenvalue weighted by atomic mass is 32.1. The van der Waals surface area contributed by atoms with Gasteiger partial charge in [-0.3, -0.25) is 4.57 Å². The van der Waals surface area contributed by atoms with Crippen molar-refractivity contribution in [2.75, 3.05) is 27.4 Å². The van der Waals surface area contributed by atoms with Gasteiger partial charge in [-0.05, 0) is 19.3 Å². The summed E-state index contributed by atoms with van der Waals surface area (Å²) in [7, 11) is 3.20. The molecule has 1 aliphatic heterocycles. The van der Waals surface area contributed by atoms with Crippen LogP contribution in [0, 0.1) is 11.3 Å². The van der Waals surface area contributed by atoms with Crippen LogP contribution in [-0.4, -0.2) is 43.1 Å². The Morgan fingerprint density at radius 1 is 1.21 bits per heavy atom. The van der Waals surface area contributed by atoms with E-state index < -0.39 is 0 Å². The number of fused-ring (bicyclic) bond motifs is 1. The number of methoxy groups -OCH3 is 2. The number of nitrogens with zero attached hydrogens (tertiary/aromatic N) is 3. The van der Waals surface area contributed by atoms with Crippen molar-refractivity contribution < 1.29 is 18.9 Å². The number of benzene rings is 1. The van der Waals surface area contributed by atoms with Crippen LogP contribution in [-0.2, 0) is 4.74 Å². The molecule has 0 saturated carbocycles. The first-order valence-corrected chi connectivity index (χ1v) is 9.93. The summed E-state index contributed by atoms with van der Waals surface area (Å²) in [5.41, 5.74) is 1.65. The molecule has 7 nitrogen and oxygen atoms in total. The molecular formula is C20H21N3O4S. The van der Waals surface area contributed by atoms with Crippen molar-refractivity contribution in [1.29, 1.82) is 5.26 Å². The molecule has 0 N–H and O–H groups in total. The van der Waals surface area contributed by atoms with Gasteiger partial charge in [-0.1, -0.05) is 0 Å². The maximum Gasteiger partial charge on any atom is 0.163 e. The molecule has 1 saturated heterocycles. The maximum absolute atomic E-state index is 9.52. The highest BCUT2D eigenvalue weighted by Crippen LogP contribution is 2.36. The van der Waals surface area contributed by atoms with E-state index in [1.165, 1.54) is 11.3 Å². The van der Waals surface area contributed by atoms with Gasteiger partial charge in [0, 0.05) is 24.8 Å². The van der Waals surface area contributed by atoms with Crippen LogP contribution in [0.25, 0.3) is 16.0 Å². The molecule has 1 aromatic carbocycles. The van der Waals surface area contributed by atoms with E-state index in [1.54, 1.807) is 20.5 Å². The fourth-order valence-electron chi connectivity index (χ4n) is 3.30. The largest absolute Gasteiger partial charge is 0.493 e. The lowest BCUT2D eigenvalue weighted by molar-refractivity contribution is -0.0110. The molecule has 0 bridgehead atoms. The Morgan fingerprint density at radius 2 is 2.04 bits per heavy atom. The molecule has 0 amide bonds. The van der Waals surface area contributed by atoms with Crippen LogP contribution >= 0.6 is 11.3 Å². The lowest BCUT2D eigenvalue weighted by atomic mass is 10.1. The van der Waals surface area contributed by atoms with Crippen molar-refractivity contribution in [1.82, 2.24) is 9.55 Å². The van der Waals surface area contributed by atoms with E-state index in [4.69, 9.17) is 18.9 Å². The zero-order chi connectivity index (χ0) is 19.5. The number of hydrogen-bond acceptors (Lipinski definition) is 7. The van der Waals surface area contributed by atoms with Crippen molar-refractivity contribution in [3.8, 4) is 28.3 Å². The van der Waals surface area contributed by atoms with Crippen LogP contribution in [0.3, 0.4) is 0 Å². The number of hydrogen-bond donors (Lipinski definition) is 0. The van der Waals surface area contributed by atoms with Crippen molar-refractivity contribution >= 4 is 22.4 Å². The molecule has 8 heteroatoms. The molecule has 0 spiro atoms. The highest BCUT2D eigenvalue weighted by Gasteiger charge is 2.19. The smallest absolute Gasteiger partial charge is 0.163 e. The van der Waals surface area contributed by atoms with Crippen LogP contribution in [0.1, 0.15) is 24.1 Å². The van der Waals surface area contributed by atoms with Crippen LogP contribution in [0.5, 0.6) is 17.2 Å².